The van der Waals surface area contributed by atoms with Gasteiger partial charge in [0.05, 0.1) is 5.41 Å². The number of hydrogen-bond acceptors (Lipinski definition) is 3. The van der Waals surface area contributed by atoms with E-state index in [0.29, 0.717) is 18.5 Å². The summed E-state index contributed by atoms with van der Waals surface area (Å²) >= 11 is 0. The van der Waals surface area contributed by atoms with Crippen molar-refractivity contribution < 1.29 is 14.7 Å². The number of nitrogens with one attached hydrogen (secondary N) is 1. The minimum atomic E-state index is -0.810. The van der Waals surface area contributed by atoms with E-state index in [1.54, 1.807) is 12.3 Å². The summed E-state index contributed by atoms with van der Waals surface area (Å²) in [4.78, 5) is 27.7. The van der Waals surface area contributed by atoms with E-state index in [0.717, 1.165) is 24.8 Å². The molecule has 0 radical (unpaired) electrons. The van der Waals surface area contributed by atoms with Crippen molar-refractivity contribution in [3.8, 4) is 0 Å². The highest BCUT2D eigenvalue weighted by molar-refractivity contribution is 5.94. The number of carboxylic acids is 1. The molecule has 0 spiro atoms. The summed E-state index contributed by atoms with van der Waals surface area (Å²) in [6.45, 7) is 1.99. The van der Waals surface area contributed by atoms with Crippen LogP contribution in [0.4, 0.5) is 0 Å². The Hall–Kier alpha value is -1.91. The predicted octanol–water partition coefficient (Wildman–Crippen LogP) is 2.15. The molecule has 1 aromatic heterocycles. The molecule has 1 fully saturated rings. The maximum atomic E-state index is 12.1. The first-order chi connectivity index (χ1) is 9.55. The van der Waals surface area contributed by atoms with Crippen LogP contribution in [0, 0.1) is 12.3 Å². The van der Waals surface area contributed by atoms with Crippen molar-refractivity contribution in [1.82, 2.24) is 10.3 Å². The lowest BCUT2D eigenvalue weighted by Crippen LogP contribution is -2.44. The first kappa shape index (κ1) is 14.5. The number of nitrogens with zero attached hydrogens (tertiary/aromatic N) is 1. The van der Waals surface area contributed by atoms with Crippen LogP contribution in [0.3, 0.4) is 0 Å². The van der Waals surface area contributed by atoms with E-state index in [9.17, 15) is 14.7 Å². The van der Waals surface area contributed by atoms with Gasteiger partial charge in [-0.15, -0.1) is 0 Å². The third kappa shape index (κ3) is 2.98. The van der Waals surface area contributed by atoms with Gasteiger partial charge in [-0.25, -0.2) is 0 Å². The van der Waals surface area contributed by atoms with E-state index in [4.69, 9.17) is 0 Å². The molecule has 1 aliphatic rings. The Bertz CT molecular complexity index is 508. The Kier molecular flexibility index (Phi) is 4.37. The van der Waals surface area contributed by atoms with Crippen molar-refractivity contribution in [3.05, 3.63) is 29.6 Å². The molecule has 20 heavy (non-hydrogen) atoms. The van der Waals surface area contributed by atoms with Crippen molar-refractivity contribution in [2.45, 2.75) is 39.0 Å². The molecule has 108 valence electrons. The van der Waals surface area contributed by atoms with E-state index in [1.165, 1.54) is 0 Å². The number of carboxylic acid groups (broad SMARTS) is 1. The first-order valence-corrected chi connectivity index (χ1v) is 6.98. The van der Waals surface area contributed by atoms with Gasteiger partial charge in [-0.2, -0.15) is 0 Å². The molecule has 0 saturated heterocycles. The number of aromatic nitrogens is 1. The van der Waals surface area contributed by atoms with Crippen molar-refractivity contribution in [2.24, 2.45) is 5.41 Å². The molecule has 1 heterocycles. The third-order valence-electron chi connectivity index (χ3n) is 4.08. The highest BCUT2D eigenvalue weighted by Gasteiger charge is 2.39. The molecule has 0 aliphatic heterocycles. The molecule has 1 aromatic rings. The van der Waals surface area contributed by atoms with Crippen molar-refractivity contribution >= 4 is 11.9 Å². The monoisotopic (exact) mass is 276 g/mol. The zero-order valence-electron chi connectivity index (χ0n) is 11.7. The summed E-state index contributed by atoms with van der Waals surface area (Å²) < 4.78 is 0. The minimum Gasteiger partial charge on any atom is -0.481 e. The second kappa shape index (κ2) is 6.03. The zero-order chi connectivity index (χ0) is 14.6. The van der Waals surface area contributed by atoms with E-state index < -0.39 is 11.4 Å². The Labute approximate surface area is 118 Å². The molecular weight excluding hydrogens is 256 g/mol. The van der Waals surface area contributed by atoms with Gasteiger partial charge in [0.25, 0.3) is 5.91 Å². The normalized spacial score (nSPS) is 17.4. The Balaban J connectivity index is 2.05. The van der Waals surface area contributed by atoms with Crippen LogP contribution in [0.1, 0.15) is 48.2 Å². The lowest BCUT2D eigenvalue weighted by Gasteiger charge is -2.33. The number of rotatable bonds is 4. The van der Waals surface area contributed by atoms with Crippen molar-refractivity contribution in [1.29, 1.82) is 0 Å². The average molecular weight is 276 g/mol. The molecular formula is C15H20N2O3. The van der Waals surface area contributed by atoms with Crippen molar-refractivity contribution in [2.75, 3.05) is 6.54 Å². The summed E-state index contributed by atoms with van der Waals surface area (Å²) in [5, 5.41) is 12.2. The molecule has 0 unspecified atom stereocenters. The van der Waals surface area contributed by atoms with Gasteiger partial charge >= 0.3 is 5.97 Å². The van der Waals surface area contributed by atoms with Crippen molar-refractivity contribution in [3.63, 3.8) is 0 Å². The highest BCUT2D eigenvalue weighted by Crippen LogP contribution is 2.36. The molecule has 0 bridgehead atoms. The van der Waals surface area contributed by atoms with Crippen LogP contribution >= 0.6 is 0 Å². The van der Waals surface area contributed by atoms with E-state index >= 15 is 0 Å². The van der Waals surface area contributed by atoms with Gasteiger partial charge in [0.2, 0.25) is 0 Å². The lowest BCUT2D eigenvalue weighted by molar-refractivity contribution is -0.150. The fourth-order valence-electron chi connectivity index (χ4n) is 2.75. The molecule has 1 saturated carbocycles. The maximum absolute atomic E-state index is 12.1. The molecule has 0 atom stereocenters. The summed E-state index contributed by atoms with van der Waals surface area (Å²) in [7, 11) is 0. The number of carbonyl (C=O) groups excluding carboxylic acids is 1. The van der Waals surface area contributed by atoms with E-state index in [-0.39, 0.29) is 12.5 Å². The summed E-state index contributed by atoms with van der Waals surface area (Å²) in [6.07, 6.45) is 5.71. The van der Waals surface area contributed by atoms with Crippen LogP contribution in [-0.4, -0.2) is 28.5 Å². The van der Waals surface area contributed by atoms with E-state index in [2.05, 4.69) is 10.3 Å². The molecule has 1 aliphatic carbocycles. The van der Waals surface area contributed by atoms with Crippen LogP contribution in [0.2, 0.25) is 0 Å². The first-order valence-electron chi connectivity index (χ1n) is 6.98. The van der Waals surface area contributed by atoms with Crippen LogP contribution in [0.15, 0.2) is 18.3 Å². The molecule has 0 aromatic carbocycles. The number of amides is 1. The summed E-state index contributed by atoms with van der Waals surface area (Å²) in [5.41, 5.74) is 0.346. The second-order valence-electron chi connectivity index (χ2n) is 5.50. The van der Waals surface area contributed by atoms with E-state index in [1.807, 2.05) is 13.0 Å². The quantitative estimate of drug-likeness (QED) is 0.883. The fourth-order valence-corrected chi connectivity index (χ4v) is 2.75. The summed E-state index contributed by atoms with van der Waals surface area (Å²) in [6, 6.07) is 3.58. The highest BCUT2D eigenvalue weighted by atomic mass is 16.4. The number of pyridine rings is 1. The van der Waals surface area contributed by atoms with Gasteiger partial charge in [0.15, 0.2) is 0 Å². The number of aliphatic carboxylic acids is 1. The smallest absolute Gasteiger partial charge is 0.311 e. The third-order valence-corrected chi connectivity index (χ3v) is 4.08. The molecule has 5 heteroatoms. The number of aryl methyl sites for hydroxylation is 1. The SMILES string of the molecule is Cc1cccnc1C(=O)NCC1(C(=O)O)CCCCC1. The van der Waals surface area contributed by atoms with Gasteiger partial charge in [-0.3, -0.25) is 14.6 Å². The van der Waals surface area contributed by atoms with Gasteiger partial charge in [-0.1, -0.05) is 25.3 Å². The maximum Gasteiger partial charge on any atom is 0.311 e. The number of carbonyl (C=O) groups is 2. The molecule has 2 rings (SSSR count). The fraction of sp³-hybridized carbons (Fsp3) is 0.533. The zero-order valence-corrected chi connectivity index (χ0v) is 11.7. The topological polar surface area (TPSA) is 79.3 Å². The summed E-state index contributed by atoms with van der Waals surface area (Å²) in [5.74, 6) is -1.11. The molecule has 5 nitrogen and oxygen atoms in total. The lowest BCUT2D eigenvalue weighted by atomic mass is 9.74. The van der Waals surface area contributed by atoms with Gasteiger partial charge < -0.3 is 10.4 Å². The van der Waals surface area contributed by atoms with Crippen LogP contribution in [0.25, 0.3) is 0 Å². The minimum absolute atomic E-state index is 0.178. The standard InChI is InChI=1S/C15H20N2O3/c1-11-6-5-9-16-12(11)13(18)17-10-15(14(19)20)7-3-2-4-8-15/h5-6,9H,2-4,7-8,10H2,1H3,(H,17,18)(H,19,20). The van der Waals surface area contributed by atoms with Gasteiger partial charge in [0.1, 0.15) is 5.69 Å². The largest absolute Gasteiger partial charge is 0.481 e. The Morgan fingerprint density at radius 3 is 2.65 bits per heavy atom. The van der Waals surface area contributed by atoms with Crippen LogP contribution in [0.5, 0.6) is 0 Å². The average Bonchev–Trinajstić information content (AvgIpc) is 2.46. The number of hydrogen-bond donors (Lipinski definition) is 2. The Morgan fingerprint density at radius 1 is 1.35 bits per heavy atom. The Morgan fingerprint density at radius 2 is 2.05 bits per heavy atom. The van der Waals surface area contributed by atoms with Gasteiger partial charge in [-0.05, 0) is 31.4 Å². The molecule has 1 amide bonds. The van der Waals surface area contributed by atoms with Gasteiger partial charge in [0, 0.05) is 12.7 Å². The molecule has 2 N–H and O–H groups in total. The second-order valence-corrected chi connectivity index (χ2v) is 5.50. The van der Waals surface area contributed by atoms with Crippen LogP contribution < -0.4 is 5.32 Å². The predicted molar refractivity (Wildman–Crippen MR) is 74.5 cm³/mol. The van der Waals surface area contributed by atoms with Crippen LogP contribution in [-0.2, 0) is 4.79 Å².